The van der Waals surface area contributed by atoms with Crippen LogP contribution in [-0.4, -0.2) is 43.9 Å². The summed E-state index contributed by atoms with van der Waals surface area (Å²) in [5, 5.41) is 8.99. The van der Waals surface area contributed by atoms with Gasteiger partial charge in [0.05, 0.1) is 18.3 Å². The van der Waals surface area contributed by atoms with E-state index in [0.29, 0.717) is 6.79 Å². The SMILES string of the molecule is CCCCC[C@H]1O[C@@H](CCO)CC[C@@H]1OCOC. The molecule has 0 amide bonds. The zero-order valence-corrected chi connectivity index (χ0v) is 11.8. The van der Waals surface area contributed by atoms with Crippen molar-refractivity contribution < 1.29 is 19.3 Å². The third kappa shape index (κ3) is 5.65. The van der Waals surface area contributed by atoms with Crippen LogP contribution in [0, 0.1) is 0 Å². The molecule has 0 spiro atoms. The summed E-state index contributed by atoms with van der Waals surface area (Å²) in [4.78, 5) is 0. The predicted molar refractivity (Wildman–Crippen MR) is 70.5 cm³/mol. The highest BCUT2D eigenvalue weighted by molar-refractivity contribution is 4.79. The third-order valence-corrected chi connectivity index (χ3v) is 3.50. The number of aliphatic hydroxyl groups excluding tert-OH is 1. The van der Waals surface area contributed by atoms with Crippen molar-refractivity contribution in [2.75, 3.05) is 20.5 Å². The monoisotopic (exact) mass is 260 g/mol. The van der Waals surface area contributed by atoms with Gasteiger partial charge in [-0.2, -0.15) is 0 Å². The van der Waals surface area contributed by atoms with E-state index >= 15 is 0 Å². The Labute approximate surface area is 111 Å². The molecule has 1 aliphatic heterocycles. The van der Waals surface area contributed by atoms with E-state index in [-0.39, 0.29) is 24.9 Å². The normalized spacial score (nSPS) is 28.5. The Balaban J connectivity index is 2.38. The number of hydrogen-bond donors (Lipinski definition) is 1. The Morgan fingerprint density at radius 2 is 2.06 bits per heavy atom. The Hall–Kier alpha value is -0.160. The van der Waals surface area contributed by atoms with Gasteiger partial charge in [-0.25, -0.2) is 0 Å². The van der Waals surface area contributed by atoms with Gasteiger partial charge in [-0.05, 0) is 25.7 Å². The summed E-state index contributed by atoms with van der Waals surface area (Å²) in [6.07, 6.45) is 7.91. The number of ether oxygens (including phenoxy) is 3. The van der Waals surface area contributed by atoms with Gasteiger partial charge < -0.3 is 19.3 Å². The van der Waals surface area contributed by atoms with E-state index in [0.717, 1.165) is 25.7 Å². The van der Waals surface area contributed by atoms with E-state index in [1.807, 2.05) is 0 Å². The molecule has 4 nitrogen and oxygen atoms in total. The molecule has 0 saturated carbocycles. The number of unbranched alkanes of at least 4 members (excludes halogenated alkanes) is 2. The maximum absolute atomic E-state index is 8.99. The molecular weight excluding hydrogens is 232 g/mol. The van der Waals surface area contributed by atoms with E-state index < -0.39 is 0 Å². The summed E-state index contributed by atoms with van der Waals surface area (Å²) < 4.78 is 16.7. The molecule has 0 aromatic rings. The minimum Gasteiger partial charge on any atom is -0.396 e. The topological polar surface area (TPSA) is 47.9 Å². The minimum atomic E-state index is 0.150. The molecule has 108 valence electrons. The first-order valence-electron chi connectivity index (χ1n) is 7.18. The summed E-state index contributed by atoms with van der Waals surface area (Å²) in [5.41, 5.74) is 0. The lowest BCUT2D eigenvalue weighted by molar-refractivity contribution is -0.175. The van der Waals surface area contributed by atoms with Gasteiger partial charge in [0.25, 0.3) is 0 Å². The second kappa shape index (κ2) is 9.73. The zero-order chi connectivity index (χ0) is 13.2. The fraction of sp³-hybridized carbons (Fsp3) is 1.00. The zero-order valence-electron chi connectivity index (χ0n) is 11.8. The van der Waals surface area contributed by atoms with Crippen LogP contribution >= 0.6 is 0 Å². The quantitative estimate of drug-likeness (QED) is 0.511. The molecule has 1 N–H and O–H groups in total. The van der Waals surface area contributed by atoms with Gasteiger partial charge in [-0.3, -0.25) is 0 Å². The molecule has 4 heteroatoms. The number of methoxy groups -OCH3 is 1. The van der Waals surface area contributed by atoms with Crippen molar-refractivity contribution in [1.82, 2.24) is 0 Å². The number of rotatable bonds is 9. The van der Waals surface area contributed by atoms with Crippen LogP contribution in [-0.2, 0) is 14.2 Å². The Morgan fingerprint density at radius 3 is 2.72 bits per heavy atom. The molecule has 0 aromatic carbocycles. The highest BCUT2D eigenvalue weighted by Crippen LogP contribution is 2.27. The van der Waals surface area contributed by atoms with Gasteiger partial charge in [-0.1, -0.05) is 26.2 Å². The molecule has 1 fully saturated rings. The van der Waals surface area contributed by atoms with Crippen molar-refractivity contribution in [3.05, 3.63) is 0 Å². The second-order valence-corrected chi connectivity index (χ2v) is 4.99. The van der Waals surface area contributed by atoms with Crippen molar-refractivity contribution in [1.29, 1.82) is 0 Å². The van der Waals surface area contributed by atoms with E-state index in [9.17, 15) is 0 Å². The highest BCUT2D eigenvalue weighted by atomic mass is 16.7. The fourth-order valence-electron chi connectivity index (χ4n) is 2.49. The van der Waals surface area contributed by atoms with Crippen molar-refractivity contribution in [3.63, 3.8) is 0 Å². The number of aliphatic hydroxyl groups is 1. The van der Waals surface area contributed by atoms with Crippen molar-refractivity contribution >= 4 is 0 Å². The largest absolute Gasteiger partial charge is 0.396 e. The molecule has 0 aliphatic carbocycles. The van der Waals surface area contributed by atoms with Gasteiger partial charge in [0.15, 0.2) is 0 Å². The predicted octanol–water partition coefficient (Wildman–Crippen LogP) is 2.49. The summed E-state index contributed by atoms with van der Waals surface area (Å²) in [6.45, 7) is 2.74. The second-order valence-electron chi connectivity index (χ2n) is 4.99. The lowest BCUT2D eigenvalue weighted by Gasteiger charge is -2.36. The molecule has 18 heavy (non-hydrogen) atoms. The van der Waals surface area contributed by atoms with Crippen molar-refractivity contribution in [3.8, 4) is 0 Å². The summed E-state index contributed by atoms with van der Waals surface area (Å²) >= 11 is 0. The molecule has 1 rings (SSSR count). The summed E-state index contributed by atoms with van der Waals surface area (Å²) in [7, 11) is 1.64. The first-order valence-corrected chi connectivity index (χ1v) is 7.18. The van der Waals surface area contributed by atoms with E-state index in [1.165, 1.54) is 19.3 Å². The fourth-order valence-corrected chi connectivity index (χ4v) is 2.49. The van der Waals surface area contributed by atoms with E-state index in [2.05, 4.69) is 6.92 Å². The molecule has 0 radical (unpaired) electrons. The Bertz CT molecular complexity index is 198. The lowest BCUT2D eigenvalue weighted by Crippen LogP contribution is -2.41. The molecule has 0 unspecified atom stereocenters. The van der Waals surface area contributed by atoms with E-state index in [4.69, 9.17) is 19.3 Å². The maximum Gasteiger partial charge on any atom is 0.146 e. The Kier molecular flexibility index (Phi) is 8.59. The first kappa shape index (κ1) is 15.9. The maximum atomic E-state index is 8.99. The average molecular weight is 260 g/mol. The van der Waals surface area contributed by atoms with Crippen LogP contribution in [0.25, 0.3) is 0 Å². The molecule has 1 saturated heterocycles. The summed E-state index contributed by atoms with van der Waals surface area (Å²) in [5.74, 6) is 0. The Morgan fingerprint density at radius 1 is 1.22 bits per heavy atom. The molecule has 1 aliphatic rings. The van der Waals surface area contributed by atoms with Gasteiger partial charge in [0.2, 0.25) is 0 Å². The minimum absolute atomic E-state index is 0.150. The molecular formula is C14H28O4. The van der Waals surface area contributed by atoms with Crippen LogP contribution in [0.4, 0.5) is 0 Å². The van der Waals surface area contributed by atoms with Crippen molar-refractivity contribution in [2.24, 2.45) is 0 Å². The van der Waals surface area contributed by atoms with Gasteiger partial charge in [-0.15, -0.1) is 0 Å². The molecule has 3 atom stereocenters. The van der Waals surface area contributed by atoms with Gasteiger partial charge >= 0.3 is 0 Å². The third-order valence-electron chi connectivity index (χ3n) is 3.50. The molecule has 0 aromatic heterocycles. The standard InChI is InChI=1S/C14H28O4/c1-3-4-5-6-14-13(17-11-16-2)8-7-12(18-14)9-10-15/h12-15H,3-11H2,1-2H3/t12-,13+,14-/m1/s1. The van der Waals surface area contributed by atoms with Crippen LogP contribution in [0.15, 0.2) is 0 Å². The lowest BCUT2D eigenvalue weighted by atomic mass is 9.95. The van der Waals surface area contributed by atoms with Gasteiger partial charge in [0, 0.05) is 13.7 Å². The molecule has 1 heterocycles. The first-order chi connectivity index (χ1) is 8.81. The van der Waals surface area contributed by atoms with Crippen LogP contribution in [0.1, 0.15) is 51.9 Å². The molecule has 0 bridgehead atoms. The van der Waals surface area contributed by atoms with E-state index in [1.54, 1.807) is 7.11 Å². The van der Waals surface area contributed by atoms with Crippen molar-refractivity contribution in [2.45, 2.75) is 70.2 Å². The van der Waals surface area contributed by atoms with Crippen LogP contribution < -0.4 is 0 Å². The average Bonchev–Trinajstić information content (AvgIpc) is 2.38. The van der Waals surface area contributed by atoms with Crippen LogP contribution in [0.3, 0.4) is 0 Å². The smallest absolute Gasteiger partial charge is 0.146 e. The van der Waals surface area contributed by atoms with Crippen LogP contribution in [0.5, 0.6) is 0 Å². The highest BCUT2D eigenvalue weighted by Gasteiger charge is 2.31. The summed E-state index contributed by atoms with van der Waals surface area (Å²) in [6, 6.07) is 0. The van der Waals surface area contributed by atoms with Crippen LogP contribution in [0.2, 0.25) is 0 Å². The van der Waals surface area contributed by atoms with Gasteiger partial charge in [0.1, 0.15) is 6.79 Å². The number of hydrogen-bond acceptors (Lipinski definition) is 4.